The van der Waals surface area contributed by atoms with Gasteiger partial charge in [-0.3, -0.25) is 0 Å². The maximum absolute atomic E-state index is 5.62. The van der Waals surface area contributed by atoms with Gasteiger partial charge in [0.1, 0.15) is 18.2 Å². The molecule has 2 rings (SSSR count). The van der Waals surface area contributed by atoms with E-state index < -0.39 is 0 Å². The molecule has 0 bridgehead atoms. The molecule has 0 amide bonds. The van der Waals surface area contributed by atoms with E-state index in [9.17, 15) is 0 Å². The van der Waals surface area contributed by atoms with Crippen LogP contribution < -0.4 is 4.74 Å². The number of hydrogen-bond donors (Lipinski definition) is 1. The molecule has 0 fully saturated rings. The van der Waals surface area contributed by atoms with Crippen LogP contribution in [0.2, 0.25) is 0 Å². The zero-order valence-corrected chi connectivity index (χ0v) is 9.14. The molecule has 0 aliphatic rings. The number of benzene rings is 1. The minimum Gasteiger partial charge on any atom is -0.490 e. The second-order valence-electron chi connectivity index (χ2n) is 3.28. The van der Waals surface area contributed by atoms with Crippen molar-refractivity contribution in [1.29, 1.82) is 0 Å². The first-order valence-electron chi connectivity index (χ1n) is 5.12. The smallest absolute Gasteiger partial charge is 0.141 e. The van der Waals surface area contributed by atoms with Gasteiger partial charge in [-0.2, -0.15) is 0 Å². The Balaban J connectivity index is 2.18. The summed E-state index contributed by atoms with van der Waals surface area (Å²) < 4.78 is 10.6. The molecule has 1 aromatic heterocycles. The highest BCUT2D eigenvalue weighted by Gasteiger charge is 2.06. The van der Waals surface area contributed by atoms with Gasteiger partial charge in [-0.05, 0) is 12.1 Å². The molecule has 4 nitrogen and oxygen atoms in total. The van der Waals surface area contributed by atoms with Crippen LogP contribution in [-0.2, 0) is 4.74 Å². The molecule has 2 aromatic rings. The summed E-state index contributed by atoms with van der Waals surface area (Å²) in [5, 5.41) is 0. The minimum atomic E-state index is 0.536. The Kier molecular flexibility index (Phi) is 3.56. The standard InChI is InChI=1S/C12H14N2O2/c1-15-8-9-16-11-5-3-2-4-10(11)12-13-6-7-14-12/h2-7H,8-9H2,1H3,(H,13,14). The number of para-hydroxylation sites is 1. The summed E-state index contributed by atoms with van der Waals surface area (Å²) in [5.41, 5.74) is 0.962. The van der Waals surface area contributed by atoms with Crippen molar-refractivity contribution in [2.75, 3.05) is 20.3 Å². The molecular formula is C12H14N2O2. The lowest BCUT2D eigenvalue weighted by Crippen LogP contribution is -2.05. The van der Waals surface area contributed by atoms with Crippen molar-refractivity contribution in [3.63, 3.8) is 0 Å². The van der Waals surface area contributed by atoms with E-state index in [0.717, 1.165) is 17.1 Å². The van der Waals surface area contributed by atoms with Gasteiger partial charge in [-0.1, -0.05) is 12.1 Å². The maximum Gasteiger partial charge on any atom is 0.141 e. The normalized spacial score (nSPS) is 10.3. The molecule has 4 heteroatoms. The van der Waals surface area contributed by atoms with Crippen molar-refractivity contribution in [3.8, 4) is 17.1 Å². The third-order valence-electron chi connectivity index (χ3n) is 2.19. The van der Waals surface area contributed by atoms with Crippen LogP contribution in [-0.4, -0.2) is 30.3 Å². The summed E-state index contributed by atoms with van der Waals surface area (Å²) >= 11 is 0. The van der Waals surface area contributed by atoms with Crippen LogP contribution in [0.15, 0.2) is 36.7 Å². The lowest BCUT2D eigenvalue weighted by molar-refractivity contribution is 0.146. The van der Waals surface area contributed by atoms with E-state index in [0.29, 0.717) is 13.2 Å². The molecule has 1 aromatic carbocycles. The fraction of sp³-hybridized carbons (Fsp3) is 0.250. The predicted octanol–water partition coefficient (Wildman–Crippen LogP) is 2.10. The van der Waals surface area contributed by atoms with Gasteiger partial charge in [0.15, 0.2) is 0 Å². The maximum atomic E-state index is 5.62. The van der Waals surface area contributed by atoms with Gasteiger partial charge in [0.05, 0.1) is 12.2 Å². The Hall–Kier alpha value is -1.81. The van der Waals surface area contributed by atoms with Crippen LogP contribution >= 0.6 is 0 Å². The summed E-state index contributed by atoms with van der Waals surface area (Å²) in [6.45, 7) is 1.11. The van der Waals surface area contributed by atoms with Gasteiger partial charge < -0.3 is 14.5 Å². The Morgan fingerprint density at radius 3 is 2.88 bits per heavy atom. The third kappa shape index (κ3) is 2.41. The molecule has 16 heavy (non-hydrogen) atoms. The monoisotopic (exact) mass is 218 g/mol. The van der Waals surface area contributed by atoms with E-state index in [1.54, 1.807) is 19.5 Å². The highest BCUT2D eigenvalue weighted by atomic mass is 16.5. The lowest BCUT2D eigenvalue weighted by atomic mass is 10.2. The fourth-order valence-corrected chi connectivity index (χ4v) is 1.44. The third-order valence-corrected chi connectivity index (χ3v) is 2.19. The highest BCUT2D eigenvalue weighted by molar-refractivity contribution is 5.63. The molecule has 1 heterocycles. The number of rotatable bonds is 5. The molecule has 0 aliphatic carbocycles. The molecule has 0 saturated carbocycles. The average Bonchev–Trinajstić information content (AvgIpc) is 2.83. The lowest BCUT2D eigenvalue weighted by Gasteiger charge is -2.09. The van der Waals surface area contributed by atoms with Crippen molar-refractivity contribution in [2.45, 2.75) is 0 Å². The fourth-order valence-electron chi connectivity index (χ4n) is 1.44. The Morgan fingerprint density at radius 2 is 2.12 bits per heavy atom. The van der Waals surface area contributed by atoms with E-state index in [1.165, 1.54) is 0 Å². The van der Waals surface area contributed by atoms with E-state index in [1.807, 2.05) is 24.3 Å². The van der Waals surface area contributed by atoms with Crippen molar-refractivity contribution < 1.29 is 9.47 Å². The first-order valence-corrected chi connectivity index (χ1v) is 5.12. The van der Waals surface area contributed by atoms with Gasteiger partial charge >= 0.3 is 0 Å². The number of hydrogen-bond acceptors (Lipinski definition) is 3. The van der Waals surface area contributed by atoms with Gasteiger partial charge in [-0.15, -0.1) is 0 Å². The van der Waals surface area contributed by atoms with Crippen molar-refractivity contribution in [3.05, 3.63) is 36.7 Å². The second-order valence-corrected chi connectivity index (χ2v) is 3.28. The number of imidazole rings is 1. The zero-order chi connectivity index (χ0) is 11.2. The van der Waals surface area contributed by atoms with Crippen LogP contribution in [0.3, 0.4) is 0 Å². The molecule has 0 atom stereocenters. The molecule has 0 unspecified atom stereocenters. The number of ether oxygens (including phenoxy) is 2. The van der Waals surface area contributed by atoms with Crippen molar-refractivity contribution >= 4 is 0 Å². The van der Waals surface area contributed by atoms with E-state index in [4.69, 9.17) is 9.47 Å². The molecule has 84 valence electrons. The first kappa shape index (κ1) is 10.7. The van der Waals surface area contributed by atoms with Gasteiger partial charge in [0.25, 0.3) is 0 Å². The van der Waals surface area contributed by atoms with Gasteiger partial charge in [0, 0.05) is 19.5 Å². The van der Waals surface area contributed by atoms with Crippen LogP contribution in [0.5, 0.6) is 5.75 Å². The van der Waals surface area contributed by atoms with Gasteiger partial charge in [-0.25, -0.2) is 4.98 Å². The molecule has 0 aliphatic heterocycles. The molecule has 0 radical (unpaired) electrons. The van der Waals surface area contributed by atoms with Crippen LogP contribution in [0.4, 0.5) is 0 Å². The van der Waals surface area contributed by atoms with Crippen molar-refractivity contribution in [1.82, 2.24) is 9.97 Å². The van der Waals surface area contributed by atoms with Crippen LogP contribution in [0.1, 0.15) is 0 Å². The summed E-state index contributed by atoms with van der Waals surface area (Å²) in [6.07, 6.45) is 3.52. The summed E-state index contributed by atoms with van der Waals surface area (Å²) in [7, 11) is 1.65. The molecule has 1 N–H and O–H groups in total. The van der Waals surface area contributed by atoms with Crippen molar-refractivity contribution in [2.24, 2.45) is 0 Å². The van der Waals surface area contributed by atoms with Crippen LogP contribution in [0, 0.1) is 0 Å². The largest absolute Gasteiger partial charge is 0.490 e. The van der Waals surface area contributed by atoms with E-state index >= 15 is 0 Å². The number of nitrogens with zero attached hydrogens (tertiary/aromatic N) is 1. The van der Waals surface area contributed by atoms with E-state index in [2.05, 4.69) is 9.97 Å². The summed E-state index contributed by atoms with van der Waals surface area (Å²) in [4.78, 5) is 7.27. The SMILES string of the molecule is COCCOc1ccccc1-c1ncc[nH]1. The second kappa shape index (κ2) is 5.32. The highest BCUT2D eigenvalue weighted by Crippen LogP contribution is 2.26. The minimum absolute atomic E-state index is 0.536. The first-order chi connectivity index (χ1) is 7.92. The summed E-state index contributed by atoms with van der Waals surface area (Å²) in [6, 6.07) is 7.80. The number of H-pyrrole nitrogens is 1. The summed E-state index contributed by atoms with van der Waals surface area (Å²) in [5.74, 6) is 1.63. The predicted molar refractivity (Wildman–Crippen MR) is 61.4 cm³/mol. The Bertz CT molecular complexity index is 426. The van der Waals surface area contributed by atoms with Gasteiger partial charge in [0.2, 0.25) is 0 Å². The number of methoxy groups -OCH3 is 1. The average molecular weight is 218 g/mol. The number of nitrogens with one attached hydrogen (secondary N) is 1. The Morgan fingerprint density at radius 1 is 1.25 bits per heavy atom. The quantitative estimate of drug-likeness (QED) is 0.782. The molecular weight excluding hydrogens is 204 g/mol. The number of aromatic amines is 1. The zero-order valence-electron chi connectivity index (χ0n) is 9.14. The van der Waals surface area contributed by atoms with Crippen LogP contribution in [0.25, 0.3) is 11.4 Å². The number of aromatic nitrogens is 2. The topological polar surface area (TPSA) is 47.1 Å². The Labute approximate surface area is 94.2 Å². The molecule has 0 spiro atoms. The molecule has 0 saturated heterocycles. The van der Waals surface area contributed by atoms with E-state index in [-0.39, 0.29) is 0 Å².